The first-order chi connectivity index (χ1) is 22.9. The van der Waals surface area contributed by atoms with Crippen LogP contribution in [-0.4, -0.2) is 68.4 Å². The zero-order valence-electron chi connectivity index (χ0n) is 26.5. The number of ketones is 2. The molecule has 15 nitrogen and oxygen atoms in total. The van der Waals surface area contributed by atoms with Crippen LogP contribution in [0.25, 0.3) is 22.8 Å². The number of nitrogens with zero attached hydrogens (tertiary/aromatic N) is 4. The number of hydrogen-bond donors (Lipinski definition) is 0. The maximum Gasteiger partial charge on any atom is 2.00 e. The number of aromatic nitrogens is 4. The van der Waals surface area contributed by atoms with Gasteiger partial charge in [0.2, 0.25) is 0 Å². The predicted octanol–water partition coefficient (Wildman–Crippen LogP) is 1.98. The quantitative estimate of drug-likeness (QED) is 0.183. The Labute approximate surface area is 308 Å². The van der Waals surface area contributed by atoms with Gasteiger partial charge in [0.25, 0.3) is 0 Å². The van der Waals surface area contributed by atoms with Crippen LogP contribution in [0.5, 0.6) is 0 Å². The van der Waals surface area contributed by atoms with E-state index in [1.807, 2.05) is 72.8 Å². The predicted molar refractivity (Wildman–Crippen MR) is 183 cm³/mol. The number of benzene rings is 2. The minimum atomic E-state index is -4.81. The molecule has 0 aliphatic heterocycles. The summed E-state index contributed by atoms with van der Waals surface area (Å²) in [5.41, 5.74) is 2.75. The van der Waals surface area contributed by atoms with Crippen molar-refractivity contribution < 1.29 is 68.7 Å². The van der Waals surface area contributed by atoms with Crippen molar-refractivity contribution in [2.75, 3.05) is 0 Å². The van der Waals surface area contributed by atoms with Gasteiger partial charge in [0, 0.05) is 47.0 Å². The summed E-state index contributed by atoms with van der Waals surface area (Å²) < 4.78 is 66.3. The van der Waals surface area contributed by atoms with Gasteiger partial charge in [-0.05, 0) is 84.9 Å². The van der Waals surface area contributed by atoms with Crippen LogP contribution < -0.4 is 0 Å². The average molecular weight is 793 g/mol. The van der Waals surface area contributed by atoms with Gasteiger partial charge in [0.05, 0.1) is 32.6 Å². The molecule has 0 fully saturated rings. The fourth-order valence-corrected chi connectivity index (χ4v) is 5.47. The molecule has 6 aromatic rings. The summed E-state index contributed by atoms with van der Waals surface area (Å²) in [7, 11) is -9.63. The van der Waals surface area contributed by atoms with E-state index < -0.39 is 41.6 Å². The Hall–Kier alpha value is -5.41. The maximum absolute atomic E-state index is 12.4. The zero-order valence-corrected chi connectivity index (χ0v) is 29.2. The zero-order chi connectivity index (χ0) is 34.3. The number of carbonyl (C=O) groups excluding carboxylic acids is 2. The van der Waals surface area contributed by atoms with Crippen LogP contribution in [-0.2, 0) is 42.5 Å². The SMILES string of the molecule is O.O.O=C1c2ccc(S(=O)(=O)[O-])cc2C(=O)c2ccc(S(=O)(=O)[O-])cc21.[Co+2].[OH3+].c1ccc(-c2ccccn2)nc1.c1ccc(-c2ccccn2)nc1. The molecule has 1 aliphatic rings. The van der Waals surface area contributed by atoms with E-state index in [0.717, 1.165) is 59.2 Å². The van der Waals surface area contributed by atoms with Gasteiger partial charge >= 0.3 is 16.8 Å². The van der Waals surface area contributed by atoms with Gasteiger partial charge in [-0.1, -0.05) is 24.3 Å². The summed E-state index contributed by atoms with van der Waals surface area (Å²) in [4.78, 5) is 40.3. The Morgan fingerprint density at radius 2 is 0.692 bits per heavy atom. The summed E-state index contributed by atoms with van der Waals surface area (Å²) in [5.74, 6) is -1.50. The molecule has 52 heavy (non-hydrogen) atoms. The van der Waals surface area contributed by atoms with Gasteiger partial charge in [0.1, 0.15) is 20.2 Å². The van der Waals surface area contributed by atoms with Crippen molar-refractivity contribution in [3.8, 4) is 22.8 Å². The van der Waals surface area contributed by atoms with Crippen molar-refractivity contribution in [2.45, 2.75) is 9.79 Å². The molecule has 0 saturated heterocycles. The topological polar surface area (TPSA) is 296 Å². The Bertz CT molecular complexity index is 2080. The molecule has 18 heteroatoms. The molecule has 4 aromatic heterocycles. The molecule has 7 rings (SSSR count). The van der Waals surface area contributed by atoms with E-state index in [-0.39, 0.29) is 55.5 Å². The van der Waals surface area contributed by atoms with E-state index >= 15 is 0 Å². The molecule has 0 spiro atoms. The third-order valence-electron chi connectivity index (χ3n) is 6.72. The van der Waals surface area contributed by atoms with E-state index in [9.17, 15) is 35.5 Å². The van der Waals surface area contributed by atoms with Crippen molar-refractivity contribution in [2.24, 2.45) is 0 Å². The summed E-state index contributed by atoms with van der Waals surface area (Å²) in [6.07, 6.45) is 7.07. The molecule has 271 valence electrons. The largest absolute Gasteiger partial charge is 2.00 e. The first-order valence-corrected chi connectivity index (χ1v) is 16.7. The molecule has 4 heterocycles. The smallest absolute Gasteiger partial charge is 0.744 e. The number of fused-ring (bicyclic) bond motifs is 2. The van der Waals surface area contributed by atoms with Crippen molar-refractivity contribution in [1.82, 2.24) is 19.9 Å². The van der Waals surface area contributed by atoms with Gasteiger partial charge < -0.3 is 25.5 Å². The third kappa shape index (κ3) is 10.8. The van der Waals surface area contributed by atoms with Crippen molar-refractivity contribution in [3.63, 3.8) is 0 Å². The Balaban J connectivity index is 0.000000410. The summed E-state index contributed by atoms with van der Waals surface area (Å²) >= 11 is 0. The van der Waals surface area contributed by atoms with E-state index in [2.05, 4.69) is 19.9 Å². The fourth-order valence-electron chi connectivity index (χ4n) is 4.48. The minimum Gasteiger partial charge on any atom is -0.744 e. The molecule has 1 radical (unpaired) electrons. The van der Waals surface area contributed by atoms with Gasteiger partial charge in [0.15, 0.2) is 11.6 Å². The molecule has 2 aromatic carbocycles. The third-order valence-corrected chi connectivity index (χ3v) is 8.38. The second-order valence-corrected chi connectivity index (χ2v) is 12.6. The van der Waals surface area contributed by atoms with Gasteiger partial charge in [-0.25, -0.2) is 16.8 Å². The number of pyridine rings is 4. The average Bonchev–Trinajstić information content (AvgIpc) is 3.11. The Morgan fingerprint density at radius 3 is 0.904 bits per heavy atom. The molecule has 0 unspecified atom stereocenters. The van der Waals surface area contributed by atoms with Crippen molar-refractivity contribution in [3.05, 3.63) is 156 Å². The number of rotatable bonds is 4. The van der Waals surface area contributed by atoms with Crippen LogP contribution in [0.15, 0.2) is 144 Å². The molecule has 0 amide bonds. The molecule has 7 N–H and O–H groups in total. The summed E-state index contributed by atoms with van der Waals surface area (Å²) in [6.45, 7) is 0. The molecule has 0 saturated carbocycles. The van der Waals surface area contributed by atoms with Crippen molar-refractivity contribution >= 4 is 31.8 Å². The second-order valence-electron chi connectivity index (χ2n) is 9.84. The molecular formula is C34H29CoN4O11S2+. The van der Waals surface area contributed by atoms with E-state index in [0.29, 0.717) is 0 Å². The number of carbonyl (C=O) groups is 2. The molecule has 1 aliphatic carbocycles. The van der Waals surface area contributed by atoms with Crippen LogP contribution in [0.2, 0.25) is 0 Å². The fraction of sp³-hybridized carbons (Fsp3) is 0. The normalized spacial score (nSPS) is 11.0. The summed E-state index contributed by atoms with van der Waals surface area (Å²) in [5, 5.41) is 0. The summed E-state index contributed by atoms with van der Waals surface area (Å²) in [6, 6.07) is 28.6. The Morgan fingerprint density at radius 1 is 0.423 bits per heavy atom. The molecule has 0 bridgehead atoms. The maximum atomic E-state index is 12.4. The van der Waals surface area contributed by atoms with Gasteiger partial charge in [-0.3, -0.25) is 29.5 Å². The molecule has 0 atom stereocenters. The molecular weight excluding hydrogens is 763 g/mol. The first-order valence-electron chi connectivity index (χ1n) is 13.9. The van der Waals surface area contributed by atoms with Gasteiger partial charge in [-0.15, -0.1) is 0 Å². The second kappa shape index (κ2) is 19.3. The van der Waals surface area contributed by atoms with Crippen LogP contribution in [0.4, 0.5) is 0 Å². The first kappa shape index (κ1) is 44.6. The monoisotopic (exact) mass is 792 g/mol. The van der Waals surface area contributed by atoms with Crippen LogP contribution in [0.1, 0.15) is 31.8 Å². The van der Waals surface area contributed by atoms with Gasteiger partial charge in [-0.2, -0.15) is 0 Å². The van der Waals surface area contributed by atoms with Crippen molar-refractivity contribution in [1.29, 1.82) is 0 Å². The van der Waals surface area contributed by atoms with E-state index in [4.69, 9.17) is 0 Å². The number of hydrogen-bond acceptors (Lipinski definition) is 12. The van der Waals surface area contributed by atoms with E-state index in [1.165, 1.54) is 0 Å². The van der Waals surface area contributed by atoms with E-state index in [1.54, 1.807) is 24.8 Å². The van der Waals surface area contributed by atoms with Crippen LogP contribution in [0.3, 0.4) is 0 Å². The van der Waals surface area contributed by atoms with Crippen LogP contribution >= 0.6 is 0 Å². The standard InChI is InChI=1S/C14H8O8S2.2C10H8N2.Co.3H2O/c15-13-9-3-1-7(23(17,18)19)5-11(9)14(16)10-4-2-8(6-12(10)13)24(20,21)22;2*1-3-7-11-9(5-1)10-6-2-4-8-12-10;;;;/h1-6H,(H,17,18,19)(H,20,21,22);2*1-8H;;3*1H2/q;;;+2;;;/p-1. The van der Waals surface area contributed by atoms with Crippen LogP contribution in [0, 0.1) is 0 Å². The Kier molecular flexibility index (Phi) is 16.5. The minimum absolute atomic E-state index is 0.